The molecule has 0 spiro atoms. The molecule has 0 heterocycles. The maximum Gasteiger partial charge on any atom is 0.262 e. The van der Waals surface area contributed by atoms with Gasteiger partial charge in [0, 0.05) is 12.7 Å². The minimum Gasteiger partial charge on any atom is -0.494 e. The highest BCUT2D eigenvalue weighted by atomic mass is 16.5. The molecular formula is C16H22N2O4. The van der Waals surface area contributed by atoms with E-state index in [1.807, 2.05) is 38.1 Å². The summed E-state index contributed by atoms with van der Waals surface area (Å²) < 4.78 is 10.4. The third-order valence-corrected chi connectivity index (χ3v) is 2.62. The Balaban J connectivity index is 2.33. The number of ether oxygens (including phenoxy) is 2. The number of amides is 2. The van der Waals surface area contributed by atoms with Gasteiger partial charge in [0.05, 0.1) is 19.6 Å². The summed E-state index contributed by atoms with van der Waals surface area (Å²) in [4.78, 5) is 22.9. The maximum absolute atomic E-state index is 11.6. The normalized spacial score (nSPS) is 10.5. The topological polar surface area (TPSA) is 76.7 Å². The molecule has 6 nitrogen and oxygen atoms in total. The van der Waals surface area contributed by atoms with Gasteiger partial charge in [0.2, 0.25) is 5.91 Å². The van der Waals surface area contributed by atoms with Crippen LogP contribution in [0.4, 0.5) is 0 Å². The van der Waals surface area contributed by atoms with E-state index in [0.717, 1.165) is 11.3 Å². The Hall–Kier alpha value is -2.34. The molecule has 0 bridgehead atoms. The van der Waals surface area contributed by atoms with Crippen LogP contribution >= 0.6 is 0 Å². The van der Waals surface area contributed by atoms with Crippen LogP contribution in [0.3, 0.4) is 0 Å². The second kappa shape index (κ2) is 10.4. The molecule has 1 aromatic carbocycles. The van der Waals surface area contributed by atoms with Crippen molar-refractivity contribution in [3.63, 3.8) is 0 Å². The second-order valence-corrected chi connectivity index (χ2v) is 4.32. The molecule has 0 aromatic heterocycles. The molecule has 0 saturated heterocycles. The Labute approximate surface area is 130 Å². The second-order valence-electron chi connectivity index (χ2n) is 4.32. The van der Waals surface area contributed by atoms with E-state index in [1.54, 1.807) is 6.08 Å². The first-order valence-corrected chi connectivity index (χ1v) is 7.23. The Morgan fingerprint density at radius 2 is 1.82 bits per heavy atom. The molecule has 2 N–H and O–H groups in total. The van der Waals surface area contributed by atoms with Crippen LogP contribution in [0, 0.1) is 0 Å². The van der Waals surface area contributed by atoms with Crippen molar-refractivity contribution in [2.24, 2.45) is 0 Å². The van der Waals surface area contributed by atoms with Crippen molar-refractivity contribution in [3.8, 4) is 5.75 Å². The third kappa shape index (κ3) is 7.44. The Morgan fingerprint density at radius 1 is 1.09 bits per heavy atom. The molecule has 22 heavy (non-hydrogen) atoms. The molecule has 120 valence electrons. The number of hydrogen-bond donors (Lipinski definition) is 2. The molecule has 0 unspecified atom stereocenters. The molecule has 0 saturated carbocycles. The van der Waals surface area contributed by atoms with Crippen molar-refractivity contribution in [3.05, 3.63) is 35.9 Å². The van der Waals surface area contributed by atoms with Gasteiger partial charge in [-0.3, -0.25) is 20.4 Å². The van der Waals surface area contributed by atoms with Crippen LogP contribution in [-0.2, 0) is 14.3 Å². The van der Waals surface area contributed by atoms with Gasteiger partial charge in [-0.05, 0) is 37.6 Å². The molecule has 6 heteroatoms. The number of benzene rings is 1. The maximum atomic E-state index is 11.6. The van der Waals surface area contributed by atoms with Crippen LogP contribution in [0.5, 0.6) is 5.75 Å². The van der Waals surface area contributed by atoms with Gasteiger partial charge in [0.25, 0.3) is 5.91 Å². The number of rotatable bonds is 8. The SMILES string of the molecule is CCOCCC(=O)NNC(=O)/C=C/c1ccc(OCC)cc1. The first kappa shape index (κ1) is 17.7. The van der Waals surface area contributed by atoms with Crippen LogP contribution in [0.15, 0.2) is 30.3 Å². The largest absolute Gasteiger partial charge is 0.494 e. The minimum absolute atomic E-state index is 0.205. The first-order chi connectivity index (χ1) is 10.7. The predicted octanol–water partition coefficient (Wildman–Crippen LogP) is 1.67. The van der Waals surface area contributed by atoms with Crippen LogP contribution in [-0.4, -0.2) is 31.6 Å². The molecule has 1 aromatic rings. The van der Waals surface area contributed by atoms with E-state index in [4.69, 9.17) is 9.47 Å². The van der Waals surface area contributed by atoms with Crippen molar-refractivity contribution in [2.45, 2.75) is 20.3 Å². The average molecular weight is 306 g/mol. The number of hydrazine groups is 1. The van der Waals surface area contributed by atoms with Crippen LogP contribution in [0.2, 0.25) is 0 Å². The fraction of sp³-hybridized carbons (Fsp3) is 0.375. The van der Waals surface area contributed by atoms with Crippen molar-refractivity contribution >= 4 is 17.9 Å². The quantitative estimate of drug-likeness (QED) is 0.435. The summed E-state index contributed by atoms with van der Waals surface area (Å²) in [6, 6.07) is 7.35. The highest BCUT2D eigenvalue weighted by Crippen LogP contribution is 2.12. The zero-order valence-electron chi connectivity index (χ0n) is 12.9. The van der Waals surface area contributed by atoms with Gasteiger partial charge >= 0.3 is 0 Å². The summed E-state index contributed by atoms with van der Waals surface area (Å²) in [7, 11) is 0. The van der Waals surface area contributed by atoms with Gasteiger partial charge in [-0.1, -0.05) is 12.1 Å². The summed E-state index contributed by atoms with van der Waals surface area (Å²) in [6.45, 7) is 5.28. The molecule has 0 aliphatic carbocycles. The number of nitrogens with one attached hydrogen (secondary N) is 2. The van der Waals surface area contributed by atoms with E-state index in [9.17, 15) is 9.59 Å². The van der Waals surface area contributed by atoms with Crippen molar-refractivity contribution in [1.82, 2.24) is 10.9 Å². The third-order valence-electron chi connectivity index (χ3n) is 2.62. The molecule has 2 amide bonds. The zero-order chi connectivity index (χ0) is 16.2. The standard InChI is InChI=1S/C16H22N2O4/c1-3-21-12-11-16(20)18-17-15(19)10-7-13-5-8-14(9-6-13)22-4-2/h5-10H,3-4,11-12H2,1-2H3,(H,17,19)(H,18,20)/b10-7+. The van der Waals surface area contributed by atoms with E-state index < -0.39 is 5.91 Å². The lowest BCUT2D eigenvalue weighted by Gasteiger charge is -2.05. The Bertz CT molecular complexity index is 497. The Kier molecular flexibility index (Phi) is 8.37. The summed E-state index contributed by atoms with van der Waals surface area (Å²) in [5.74, 6) is 0.0839. The van der Waals surface area contributed by atoms with Crippen molar-refractivity contribution < 1.29 is 19.1 Å². The van der Waals surface area contributed by atoms with E-state index in [-0.39, 0.29) is 12.3 Å². The first-order valence-electron chi connectivity index (χ1n) is 7.23. The summed E-state index contributed by atoms with van der Waals surface area (Å²) >= 11 is 0. The van der Waals surface area contributed by atoms with Gasteiger partial charge in [-0.15, -0.1) is 0 Å². The van der Waals surface area contributed by atoms with Gasteiger partial charge < -0.3 is 9.47 Å². The van der Waals surface area contributed by atoms with Crippen LogP contribution in [0.25, 0.3) is 6.08 Å². The van der Waals surface area contributed by atoms with Crippen LogP contribution < -0.4 is 15.6 Å². The average Bonchev–Trinajstić information content (AvgIpc) is 2.53. The molecule has 1 rings (SSSR count). The lowest BCUT2D eigenvalue weighted by atomic mass is 10.2. The van der Waals surface area contributed by atoms with E-state index in [0.29, 0.717) is 19.8 Å². The lowest BCUT2D eigenvalue weighted by Crippen LogP contribution is -2.41. The molecule has 0 aliphatic heterocycles. The summed E-state index contributed by atoms with van der Waals surface area (Å²) in [5.41, 5.74) is 5.48. The zero-order valence-corrected chi connectivity index (χ0v) is 12.9. The van der Waals surface area contributed by atoms with Gasteiger partial charge in [-0.2, -0.15) is 0 Å². The number of carbonyl (C=O) groups excluding carboxylic acids is 2. The van der Waals surface area contributed by atoms with Crippen molar-refractivity contribution in [2.75, 3.05) is 19.8 Å². The fourth-order valence-electron chi connectivity index (χ4n) is 1.56. The van der Waals surface area contributed by atoms with E-state index >= 15 is 0 Å². The molecular weight excluding hydrogens is 284 g/mol. The monoisotopic (exact) mass is 306 g/mol. The lowest BCUT2D eigenvalue weighted by molar-refractivity contribution is -0.127. The number of hydrogen-bond acceptors (Lipinski definition) is 4. The van der Waals surface area contributed by atoms with E-state index in [1.165, 1.54) is 6.08 Å². The van der Waals surface area contributed by atoms with Gasteiger partial charge in [0.1, 0.15) is 5.75 Å². The molecule has 0 atom stereocenters. The van der Waals surface area contributed by atoms with Crippen molar-refractivity contribution in [1.29, 1.82) is 0 Å². The predicted molar refractivity (Wildman–Crippen MR) is 84.0 cm³/mol. The van der Waals surface area contributed by atoms with Gasteiger partial charge in [0.15, 0.2) is 0 Å². The summed E-state index contributed by atoms with van der Waals surface area (Å²) in [5, 5.41) is 0. The smallest absolute Gasteiger partial charge is 0.262 e. The van der Waals surface area contributed by atoms with Crippen LogP contribution in [0.1, 0.15) is 25.8 Å². The highest BCUT2D eigenvalue weighted by Gasteiger charge is 2.01. The minimum atomic E-state index is -0.404. The van der Waals surface area contributed by atoms with Gasteiger partial charge in [-0.25, -0.2) is 0 Å². The molecule has 0 radical (unpaired) electrons. The molecule has 0 fully saturated rings. The Morgan fingerprint density at radius 3 is 2.45 bits per heavy atom. The summed E-state index contributed by atoms with van der Waals surface area (Å²) in [6.07, 6.45) is 3.20. The fourth-order valence-corrected chi connectivity index (χ4v) is 1.56. The van der Waals surface area contributed by atoms with E-state index in [2.05, 4.69) is 10.9 Å². The highest BCUT2D eigenvalue weighted by molar-refractivity contribution is 5.93. The molecule has 0 aliphatic rings. The number of carbonyl (C=O) groups is 2.